The fourth-order valence-corrected chi connectivity index (χ4v) is 8.51. The van der Waals surface area contributed by atoms with Crippen molar-refractivity contribution in [1.82, 2.24) is 5.16 Å². The molecule has 0 radical (unpaired) electrons. The topological polar surface area (TPSA) is 91.0 Å². The summed E-state index contributed by atoms with van der Waals surface area (Å²) >= 11 is 0. The molecule has 7 nitrogen and oxygen atoms in total. The average Bonchev–Trinajstić information content (AvgIpc) is 3.15. The second kappa shape index (κ2) is 8.15. The first-order chi connectivity index (χ1) is 18.5. The van der Waals surface area contributed by atoms with Crippen LogP contribution in [0.15, 0.2) is 64.2 Å². The molecule has 2 aromatic rings. The Balaban J connectivity index is 1.26. The monoisotopic (exact) mass is 531 g/mol. The van der Waals surface area contributed by atoms with Gasteiger partial charge in [-0.3, -0.25) is 0 Å². The minimum Gasteiger partial charge on any atom is -0.450 e. The maximum absolute atomic E-state index is 13.5. The van der Waals surface area contributed by atoms with Crippen LogP contribution in [0.4, 0.5) is 0 Å². The van der Waals surface area contributed by atoms with Crippen LogP contribution in [-0.4, -0.2) is 46.4 Å². The number of fused-ring (bicyclic) bond motifs is 5. The molecule has 206 valence electrons. The zero-order valence-corrected chi connectivity index (χ0v) is 23.3. The van der Waals surface area contributed by atoms with Gasteiger partial charge in [0.15, 0.2) is 23.3 Å². The molecule has 1 aliphatic heterocycles. The van der Waals surface area contributed by atoms with Gasteiger partial charge in [-0.25, -0.2) is 4.79 Å². The summed E-state index contributed by atoms with van der Waals surface area (Å²) in [5, 5.41) is 17.0. The number of aromatic nitrogens is 1. The first kappa shape index (κ1) is 25.2. The van der Waals surface area contributed by atoms with Crippen LogP contribution in [-0.2, 0) is 14.2 Å². The number of rotatable bonds is 3. The highest BCUT2D eigenvalue weighted by atomic mass is 16.7. The van der Waals surface area contributed by atoms with Gasteiger partial charge < -0.3 is 23.8 Å². The quantitative estimate of drug-likeness (QED) is 0.401. The van der Waals surface area contributed by atoms with Gasteiger partial charge in [-0.15, -0.1) is 0 Å². The summed E-state index contributed by atoms with van der Waals surface area (Å²) in [7, 11) is 0. The van der Waals surface area contributed by atoms with Gasteiger partial charge in [0.2, 0.25) is 0 Å². The number of benzene rings is 1. The highest BCUT2D eigenvalue weighted by Gasteiger charge is 2.72. The predicted octanol–water partition coefficient (Wildman–Crippen LogP) is 5.71. The maximum Gasteiger partial charge on any atom is 0.361 e. The minimum absolute atomic E-state index is 0.0746. The van der Waals surface area contributed by atoms with Gasteiger partial charge in [0.1, 0.15) is 11.7 Å². The molecule has 2 bridgehead atoms. The van der Waals surface area contributed by atoms with Crippen molar-refractivity contribution in [3.8, 4) is 11.3 Å². The van der Waals surface area contributed by atoms with Crippen molar-refractivity contribution in [3.05, 3.63) is 65.4 Å². The third-order valence-corrected chi connectivity index (χ3v) is 10.4. The van der Waals surface area contributed by atoms with E-state index in [1.165, 1.54) is 0 Å². The second-order valence-electron chi connectivity index (χ2n) is 13.4. The summed E-state index contributed by atoms with van der Waals surface area (Å²) in [6.45, 7) is 10.8. The van der Waals surface area contributed by atoms with E-state index in [9.17, 15) is 9.90 Å². The molecular weight excluding hydrogens is 494 g/mol. The fraction of sp³-hybridized carbons (Fsp3) is 0.562. The van der Waals surface area contributed by atoms with Crippen LogP contribution in [0.2, 0.25) is 0 Å². The molecule has 5 aliphatic rings. The Morgan fingerprint density at radius 2 is 1.92 bits per heavy atom. The number of allylic oxidation sites excluding steroid dienone is 1. The van der Waals surface area contributed by atoms with Crippen molar-refractivity contribution in [2.45, 2.75) is 77.5 Å². The molecule has 1 saturated heterocycles. The number of aliphatic hydroxyl groups is 1. The summed E-state index contributed by atoms with van der Waals surface area (Å²) in [6, 6.07) is 11.1. The van der Waals surface area contributed by atoms with Gasteiger partial charge in [-0.05, 0) is 74.3 Å². The predicted molar refractivity (Wildman–Crippen MR) is 143 cm³/mol. The van der Waals surface area contributed by atoms with E-state index in [1.54, 1.807) is 6.07 Å². The van der Waals surface area contributed by atoms with E-state index in [2.05, 4.69) is 31.2 Å². The zero-order chi connectivity index (χ0) is 27.4. The van der Waals surface area contributed by atoms with Crippen LogP contribution in [0.1, 0.15) is 64.4 Å². The molecule has 2 saturated carbocycles. The van der Waals surface area contributed by atoms with Gasteiger partial charge in [0, 0.05) is 17.0 Å². The number of hydrogen-bond donors (Lipinski definition) is 1. The van der Waals surface area contributed by atoms with Gasteiger partial charge in [0.25, 0.3) is 0 Å². The van der Waals surface area contributed by atoms with Crippen LogP contribution in [0, 0.1) is 28.6 Å². The summed E-state index contributed by atoms with van der Waals surface area (Å²) in [4.78, 5) is 13.5. The fourth-order valence-electron chi connectivity index (χ4n) is 8.51. The number of carbonyl (C=O) groups excluding carboxylic acids is 1. The smallest absolute Gasteiger partial charge is 0.361 e. The number of nitrogens with zero attached hydrogens (tertiary/aromatic N) is 1. The molecule has 3 fully saturated rings. The molecule has 7 unspecified atom stereocenters. The van der Waals surface area contributed by atoms with Crippen molar-refractivity contribution in [1.29, 1.82) is 0 Å². The Labute approximate surface area is 229 Å². The second-order valence-corrected chi connectivity index (χ2v) is 13.4. The molecule has 7 heteroatoms. The maximum atomic E-state index is 13.5. The Bertz CT molecular complexity index is 1390. The van der Waals surface area contributed by atoms with Crippen LogP contribution in [0.3, 0.4) is 0 Å². The summed E-state index contributed by atoms with van der Waals surface area (Å²) in [5.74, 6) is 0.456. The summed E-state index contributed by atoms with van der Waals surface area (Å²) < 4.78 is 24.3. The van der Waals surface area contributed by atoms with Crippen LogP contribution < -0.4 is 0 Å². The lowest BCUT2D eigenvalue weighted by Gasteiger charge is -2.51. The van der Waals surface area contributed by atoms with E-state index in [4.69, 9.17) is 18.7 Å². The van der Waals surface area contributed by atoms with E-state index >= 15 is 0 Å². The number of carbonyl (C=O) groups is 1. The zero-order valence-electron chi connectivity index (χ0n) is 23.3. The molecule has 7 rings (SSSR count). The van der Waals surface area contributed by atoms with Crippen molar-refractivity contribution in [2.75, 3.05) is 6.61 Å². The lowest BCUT2D eigenvalue weighted by Crippen LogP contribution is -2.64. The number of esters is 1. The first-order valence-corrected chi connectivity index (χ1v) is 14.1. The van der Waals surface area contributed by atoms with E-state index in [1.807, 2.05) is 51.1 Å². The molecule has 1 spiro atoms. The average molecular weight is 532 g/mol. The summed E-state index contributed by atoms with van der Waals surface area (Å²) in [5.41, 5.74) is 0.923. The molecule has 7 atom stereocenters. The normalized spacial score (nSPS) is 39.2. The molecule has 1 aromatic heterocycles. The Kier molecular flexibility index (Phi) is 5.28. The van der Waals surface area contributed by atoms with Crippen LogP contribution in [0.25, 0.3) is 11.3 Å². The Hall–Kier alpha value is -2.74. The van der Waals surface area contributed by atoms with Crippen LogP contribution in [0.5, 0.6) is 0 Å². The van der Waals surface area contributed by atoms with E-state index < -0.39 is 35.0 Å². The minimum atomic E-state index is -1.47. The van der Waals surface area contributed by atoms with Crippen molar-refractivity contribution in [3.63, 3.8) is 0 Å². The van der Waals surface area contributed by atoms with Crippen molar-refractivity contribution >= 4 is 5.97 Å². The lowest BCUT2D eigenvalue weighted by molar-refractivity contribution is -0.303. The number of hydrogen-bond acceptors (Lipinski definition) is 7. The first-order valence-electron chi connectivity index (χ1n) is 14.1. The van der Waals surface area contributed by atoms with Crippen molar-refractivity contribution < 1.29 is 28.6 Å². The Morgan fingerprint density at radius 1 is 1.15 bits per heavy atom. The third-order valence-electron chi connectivity index (χ3n) is 10.4. The molecule has 4 aliphatic carbocycles. The Morgan fingerprint density at radius 3 is 2.69 bits per heavy atom. The largest absolute Gasteiger partial charge is 0.450 e. The summed E-state index contributed by atoms with van der Waals surface area (Å²) in [6.07, 6.45) is 5.61. The van der Waals surface area contributed by atoms with Gasteiger partial charge in [-0.1, -0.05) is 61.5 Å². The standard InChI is InChI=1S/C32H37NO6/c1-18-15-31-12-11-22-25(29(22,2)3)20(16-31)13-21-17-36-30(4,5)38-27(21)32(31,35)26(18)37-28(34)23-14-24(39-33-23)19-9-7-6-8-10-19/h6-10,13-15,20,22,25-27,35H,11-12,16-17H2,1-5H3. The van der Waals surface area contributed by atoms with E-state index in [0.29, 0.717) is 30.1 Å². The van der Waals surface area contributed by atoms with Gasteiger partial charge in [-0.2, -0.15) is 0 Å². The van der Waals surface area contributed by atoms with Crippen molar-refractivity contribution in [2.24, 2.45) is 28.6 Å². The SMILES string of the molecule is CC1=CC23CCC4C(C(C=C5COC(C)(C)OC5C2(O)C1OC(=O)c1cc(-c2ccccc2)on1)C3)C4(C)C. The lowest BCUT2D eigenvalue weighted by atomic mass is 9.64. The molecule has 0 amide bonds. The molecular formula is C32H37NO6. The highest BCUT2D eigenvalue weighted by Crippen LogP contribution is 2.72. The number of ether oxygens (including phenoxy) is 3. The molecule has 1 aromatic carbocycles. The molecule has 2 heterocycles. The van der Waals surface area contributed by atoms with E-state index in [0.717, 1.165) is 36.0 Å². The van der Waals surface area contributed by atoms with E-state index in [-0.39, 0.29) is 11.1 Å². The third kappa shape index (κ3) is 3.59. The molecule has 1 N–H and O–H groups in total. The molecule has 39 heavy (non-hydrogen) atoms. The van der Waals surface area contributed by atoms with Gasteiger partial charge >= 0.3 is 5.97 Å². The highest BCUT2D eigenvalue weighted by molar-refractivity contribution is 5.88. The van der Waals surface area contributed by atoms with Gasteiger partial charge in [0.05, 0.1) is 6.61 Å². The van der Waals surface area contributed by atoms with Crippen LogP contribution >= 0.6 is 0 Å².